The van der Waals surface area contributed by atoms with E-state index in [9.17, 15) is 13.5 Å². The van der Waals surface area contributed by atoms with Gasteiger partial charge < -0.3 is 14.6 Å². The summed E-state index contributed by atoms with van der Waals surface area (Å²) >= 11 is 0. The predicted molar refractivity (Wildman–Crippen MR) is 66.6 cm³/mol. The summed E-state index contributed by atoms with van der Waals surface area (Å²) in [5.41, 5.74) is -0.972. The molecule has 104 valence electrons. The zero-order chi connectivity index (χ0) is 13.5. The second kappa shape index (κ2) is 7.31. The van der Waals surface area contributed by atoms with Crippen LogP contribution in [-0.2, 0) is 19.3 Å². The SMILES string of the molecule is CCS(=O)(=O)CCCC(C)(O)CC(OC)OC. The summed E-state index contributed by atoms with van der Waals surface area (Å²) in [6.07, 6.45) is 0.720. The first-order valence-electron chi connectivity index (χ1n) is 5.74. The molecule has 0 spiro atoms. The smallest absolute Gasteiger partial charge is 0.159 e. The van der Waals surface area contributed by atoms with Crippen molar-refractivity contribution in [1.29, 1.82) is 0 Å². The Bertz CT molecular complexity index is 293. The molecule has 0 aromatic rings. The van der Waals surface area contributed by atoms with Crippen molar-refractivity contribution >= 4 is 9.84 Å². The molecule has 5 nitrogen and oxygen atoms in total. The van der Waals surface area contributed by atoms with Gasteiger partial charge in [-0.15, -0.1) is 0 Å². The third-order valence-electron chi connectivity index (χ3n) is 2.74. The van der Waals surface area contributed by atoms with Crippen LogP contribution in [0, 0.1) is 0 Å². The maximum atomic E-state index is 11.3. The molecule has 0 aromatic carbocycles. The number of rotatable bonds is 9. The van der Waals surface area contributed by atoms with Crippen molar-refractivity contribution in [1.82, 2.24) is 0 Å². The monoisotopic (exact) mass is 268 g/mol. The van der Waals surface area contributed by atoms with E-state index in [2.05, 4.69) is 0 Å². The van der Waals surface area contributed by atoms with Gasteiger partial charge in [-0.25, -0.2) is 8.42 Å². The summed E-state index contributed by atoms with van der Waals surface area (Å²) < 4.78 is 32.6. The highest BCUT2D eigenvalue weighted by atomic mass is 32.2. The van der Waals surface area contributed by atoms with Crippen LogP contribution in [0.2, 0.25) is 0 Å². The van der Waals surface area contributed by atoms with Gasteiger partial charge in [-0.1, -0.05) is 6.92 Å². The molecular formula is C11H24O5S. The number of methoxy groups -OCH3 is 2. The molecule has 0 aliphatic heterocycles. The van der Waals surface area contributed by atoms with Crippen LogP contribution in [0.3, 0.4) is 0 Å². The molecule has 0 rings (SSSR count). The lowest BCUT2D eigenvalue weighted by Gasteiger charge is -2.27. The van der Waals surface area contributed by atoms with Gasteiger partial charge in [0.2, 0.25) is 0 Å². The number of ether oxygens (including phenoxy) is 2. The summed E-state index contributed by atoms with van der Waals surface area (Å²) in [7, 11) is 0.0564. The highest BCUT2D eigenvalue weighted by Crippen LogP contribution is 2.20. The van der Waals surface area contributed by atoms with Crippen LogP contribution in [0.15, 0.2) is 0 Å². The van der Waals surface area contributed by atoms with Crippen molar-refractivity contribution in [2.45, 2.75) is 45.0 Å². The third-order valence-corrected chi connectivity index (χ3v) is 4.53. The molecule has 0 heterocycles. The van der Waals surface area contributed by atoms with Gasteiger partial charge in [0.15, 0.2) is 6.29 Å². The lowest BCUT2D eigenvalue weighted by molar-refractivity contribution is -0.141. The summed E-state index contributed by atoms with van der Waals surface area (Å²) in [6.45, 7) is 3.29. The van der Waals surface area contributed by atoms with E-state index >= 15 is 0 Å². The Morgan fingerprint density at radius 3 is 2.24 bits per heavy atom. The molecule has 0 aliphatic carbocycles. The molecule has 1 unspecified atom stereocenters. The van der Waals surface area contributed by atoms with E-state index in [-0.39, 0.29) is 11.5 Å². The highest BCUT2D eigenvalue weighted by molar-refractivity contribution is 7.91. The molecule has 0 amide bonds. The van der Waals surface area contributed by atoms with Crippen molar-refractivity contribution in [3.05, 3.63) is 0 Å². The predicted octanol–water partition coefficient (Wildman–Crippen LogP) is 0.961. The van der Waals surface area contributed by atoms with Gasteiger partial charge >= 0.3 is 0 Å². The highest BCUT2D eigenvalue weighted by Gasteiger charge is 2.25. The lowest BCUT2D eigenvalue weighted by atomic mass is 9.96. The molecule has 0 saturated carbocycles. The fraction of sp³-hybridized carbons (Fsp3) is 1.00. The average molecular weight is 268 g/mol. The number of sulfone groups is 1. The first-order valence-corrected chi connectivity index (χ1v) is 7.57. The normalized spacial score (nSPS) is 16.1. The first-order chi connectivity index (χ1) is 7.76. The van der Waals surface area contributed by atoms with Crippen molar-refractivity contribution in [3.63, 3.8) is 0 Å². The second-order valence-corrected chi connectivity index (χ2v) is 6.91. The van der Waals surface area contributed by atoms with E-state index in [1.54, 1.807) is 13.8 Å². The Morgan fingerprint density at radius 2 is 1.82 bits per heavy atom. The topological polar surface area (TPSA) is 72.8 Å². The Labute approximate surface area is 104 Å². The van der Waals surface area contributed by atoms with Gasteiger partial charge in [-0.3, -0.25) is 0 Å². The lowest BCUT2D eigenvalue weighted by Crippen LogP contribution is -2.32. The minimum absolute atomic E-state index is 0.115. The van der Waals surface area contributed by atoms with E-state index in [0.717, 1.165) is 0 Å². The van der Waals surface area contributed by atoms with E-state index in [4.69, 9.17) is 9.47 Å². The number of aliphatic hydroxyl groups is 1. The maximum absolute atomic E-state index is 11.3. The van der Waals surface area contributed by atoms with Gasteiger partial charge in [-0.2, -0.15) is 0 Å². The van der Waals surface area contributed by atoms with Crippen LogP contribution < -0.4 is 0 Å². The average Bonchev–Trinajstić information content (AvgIpc) is 2.25. The van der Waals surface area contributed by atoms with E-state index in [1.807, 2.05) is 0 Å². The number of hydrogen-bond donors (Lipinski definition) is 1. The Kier molecular flexibility index (Phi) is 7.23. The minimum atomic E-state index is -2.96. The quantitative estimate of drug-likeness (QED) is 0.631. The minimum Gasteiger partial charge on any atom is -0.390 e. The molecule has 1 N–H and O–H groups in total. The summed E-state index contributed by atoms with van der Waals surface area (Å²) in [5.74, 6) is 0.262. The molecule has 0 bridgehead atoms. The standard InChI is InChI=1S/C11H24O5S/c1-5-17(13,14)8-6-7-11(2,12)9-10(15-3)16-4/h10,12H,5-9H2,1-4H3. The first kappa shape index (κ1) is 16.8. The van der Waals surface area contributed by atoms with E-state index < -0.39 is 21.7 Å². The molecule has 1 atom stereocenters. The van der Waals surface area contributed by atoms with Crippen LogP contribution >= 0.6 is 0 Å². The van der Waals surface area contributed by atoms with Crippen LogP contribution in [0.4, 0.5) is 0 Å². The second-order valence-electron chi connectivity index (χ2n) is 4.44. The van der Waals surface area contributed by atoms with Crippen molar-refractivity contribution in [2.24, 2.45) is 0 Å². The molecule has 0 radical (unpaired) electrons. The molecule has 0 fully saturated rings. The Hall–Kier alpha value is -0.170. The zero-order valence-corrected chi connectivity index (χ0v) is 11.9. The van der Waals surface area contributed by atoms with Gasteiger partial charge in [0.25, 0.3) is 0 Å². The van der Waals surface area contributed by atoms with Crippen LogP contribution in [0.1, 0.15) is 33.1 Å². The molecular weight excluding hydrogens is 244 g/mol. The summed E-state index contributed by atoms with van der Waals surface area (Å²) in [5, 5.41) is 10.1. The van der Waals surface area contributed by atoms with Crippen molar-refractivity contribution in [2.75, 3.05) is 25.7 Å². The Balaban J connectivity index is 4.09. The van der Waals surface area contributed by atoms with Gasteiger partial charge in [0.05, 0.1) is 11.4 Å². The summed E-state index contributed by atoms with van der Waals surface area (Å²) in [4.78, 5) is 0. The van der Waals surface area contributed by atoms with Crippen molar-refractivity contribution in [3.8, 4) is 0 Å². The fourth-order valence-corrected chi connectivity index (χ4v) is 2.41. The van der Waals surface area contributed by atoms with Gasteiger partial charge in [0.1, 0.15) is 9.84 Å². The van der Waals surface area contributed by atoms with Crippen LogP contribution in [-0.4, -0.2) is 51.1 Å². The largest absolute Gasteiger partial charge is 0.390 e. The Morgan fingerprint density at radius 1 is 1.29 bits per heavy atom. The van der Waals surface area contributed by atoms with Gasteiger partial charge in [0, 0.05) is 26.4 Å². The van der Waals surface area contributed by atoms with Crippen LogP contribution in [0.25, 0.3) is 0 Å². The fourth-order valence-electron chi connectivity index (χ4n) is 1.54. The maximum Gasteiger partial charge on any atom is 0.159 e. The molecule has 0 saturated heterocycles. The number of hydrogen-bond acceptors (Lipinski definition) is 5. The molecule has 0 aliphatic rings. The van der Waals surface area contributed by atoms with E-state index in [0.29, 0.717) is 19.3 Å². The van der Waals surface area contributed by atoms with Gasteiger partial charge in [-0.05, 0) is 19.8 Å². The molecule has 6 heteroatoms. The molecule has 17 heavy (non-hydrogen) atoms. The van der Waals surface area contributed by atoms with Crippen molar-refractivity contribution < 1.29 is 23.0 Å². The third kappa shape index (κ3) is 7.70. The zero-order valence-electron chi connectivity index (χ0n) is 11.1. The van der Waals surface area contributed by atoms with E-state index in [1.165, 1.54) is 14.2 Å². The van der Waals surface area contributed by atoms with Crippen LogP contribution in [0.5, 0.6) is 0 Å². The molecule has 0 aromatic heterocycles. The summed E-state index contributed by atoms with van der Waals surface area (Å²) in [6, 6.07) is 0.